The molecule has 0 bridgehead atoms. The van der Waals surface area contributed by atoms with Crippen LogP contribution in [0.1, 0.15) is 13.8 Å². The molecular formula is C18H8F24O4. The Kier molecular flexibility index (Phi) is 10.6. The molecule has 0 unspecified atom stereocenters. The first-order chi connectivity index (χ1) is 19.5. The Morgan fingerprint density at radius 1 is 0.348 bits per heavy atom. The monoisotopic (exact) mass is 744 g/mol. The van der Waals surface area contributed by atoms with Gasteiger partial charge in [-0.2, -0.15) is 105 Å². The normalized spacial score (nSPS) is 16.1. The highest BCUT2D eigenvalue weighted by molar-refractivity contribution is 5.91. The smallest absolute Gasteiger partial charge is 0.393 e. The van der Waals surface area contributed by atoms with Gasteiger partial charge in [0, 0.05) is 26.0 Å². The molecule has 0 saturated heterocycles. The maximum atomic E-state index is 13.5. The molecule has 0 heterocycles. The third-order valence-electron chi connectivity index (χ3n) is 5.01. The standard InChI is InChI=1S/C18H8F24O4/c1-7(19,20)9(23,24)11(27,28)13(31,32)15(35,36)17(39,40)45-5(43)3-4-6(44)46-18(41,42)16(37,38)14(33,34)12(29,30)10(25,26)8(2,21)22/h3-4H,1-2H3. The molecule has 0 aliphatic heterocycles. The summed E-state index contributed by atoms with van der Waals surface area (Å²) in [5, 5.41) is 0. The third-order valence-corrected chi connectivity index (χ3v) is 5.01. The summed E-state index contributed by atoms with van der Waals surface area (Å²) in [5.74, 6) is -84.2. The van der Waals surface area contributed by atoms with E-state index in [-0.39, 0.29) is 0 Å². The topological polar surface area (TPSA) is 52.6 Å². The number of carbonyl (C=O) groups excluding carboxylic acids is 2. The van der Waals surface area contributed by atoms with E-state index >= 15 is 0 Å². The third kappa shape index (κ3) is 6.31. The molecule has 0 aromatic carbocycles. The van der Waals surface area contributed by atoms with Gasteiger partial charge in [-0.1, -0.05) is 0 Å². The highest BCUT2D eigenvalue weighted by Gasteiger charge is 2.92. The van der Waals surface area contributed by atoms with E-state index in [4.69, 9.17) is 0 Å². The lowest BCUT2D eigenvalue weighted by molar-refractivity contribution is -0.449. The van der Waals surface area contributed by atoms with Crippen LogP contribution in [0.4, 0.5) is 105 Å². The first-order valence-electron chi connectivity index (χ1n) is 10.2. The van der Waals surface area contributed by atoms with E-state index in [9.17, 15) is 115 Å². The molecule has 0 saturated carbocycles. The SMILES string of the molecule is CC(F)(F)C(F)(F)C(F)(F)C(F)(F)C(F)(F)C(F)(F)OC(=O)C=CC(=O)OC(F)(F)C(F)(F)C(F)(F)C(F)(F)C(F)(F)C(C)(F)F. The van der Waals surface area contributed by atoms with Crippen LogP contribution in [0.2, 0.25) is 0 Å². The van der Waals surface area contributed by atoms with E-state index in [1.807, 2.05) is 0 Å². The number of alkyl halides is 24. The van der Waals surface area contributed by atoms with Crippen LogP contribution >= 0.6 is 0 Å². The largest absolute Gasteiger partial charge is 0.473 e. The van der Waals surface area contributed by atoms with E-state index in [0.717, 1.165) is 0 Å². The van der Waals surface area contributed by atoms with Gasteiger partial charge in [-0.3, -0.25) is 0 Å². The number of halogens is 24. The summed E-state index contributed by atoms with van der Waals surface area (Å²) in [5.41, 5.74) is 0. The van der Waals surface area contributed by atoms with Gasteiger partial charge in [0.05, 0.1) is 0 Å². The average molecular weight is 744 g/mol. The number of hydrogen-bond acceptors (Lipinski definition) is 4. The summed E-state index contributed by atoms with van der Waals surface area (Å²) in [7, 11) is 0. The number of hydrogen-bond donors (Lipinski definition) is 0. The minimum absolute atomic E-state index is 1.28. The van der Waals surface area contributed by atoms with Gasteiger partial charge in [0.25, 0.3) is 0 Å². The number of esters is 2. The molecule has 0 atom stereocenters. The van der Waals surface area contributed by atoms with Gasteiger partial charge in [0.15, 0.2) is 0 Å². The first kappa shape index (κ1) is 43.0. The molecule has 4 nitrogen and oxygen atoms in total. The Labute approximate surface area is 235 Å². The van der Waals surface area contributed by atoms with Crippen LogP contribution in [0.3, 0.4) is 0 Å². The molecule has 0 aliphatic rings. The molecule has 0 aliphatic carbocycles. The van der Waals surface area contributed by atoms with Gasteiger partial charge in [-0.25, -0.2) is 9.59 Å². The second-order valence-corrected chi connectivity index (χ2v) is 8.58. The maximum Gasteiger partial charge on any atom is 0.473 e. The van der Waals surface area contributed by atoms with Gasteiger partial charge in [-0.05, 0) is 0 Å². The van der Waals surface area contributed by atoms with Crippen molar-refractivity contribution in [1.82, 2.24) is 0 Å². The lowest BCUT2D eigenvalue weighted by Crippen LogP contribution is -2.70. The summed E-state index contributed by atoms with van der Waals surface area (Å²) >= 11 is 0. The zero-order chi connectivity index (χ0) is 38.0. The van der Waals surface area contributed by atoms with Crippen molar-refractivity contribution >= 4 is 11.9 Å². The molecule has 0 aromatic rings. The van der Waals surface area contributed by atoms with Crippen LogP contribution in [-0.4, -0.2) is 83.4 Å². The molecule has 0 aromatic heterocycles. The van der Waals surface area contributed by atoms with Gasteiger partial charge < -0.3 is 9.47 Å². The van der Waals surface area contributed by atoms with E-state index in [0.29, 0.717) is 0 Å². The fourth-order valence-electron chi connectivity index (χ4n) is 2.29. The number of carbonyl (C=O) groups is 2. The summed E-state index contributed by atoms with van der Waals surface area (Å²) in [6.07, 6.45) is -18.0. The molecule has 0 N–H and O–H groups in total. The fourth-order valence-corrected chi connectivity index (χ4v) is 2.29. The maximum absolute atomic E-state index is 13.5. The highest BCUT2D eigenvalue weighted by atomic mass is 19.4. The van der Waals surface area contributed by atoms with Gasteiger partial charge in [0.1, 0.15) is 0 Å². The molecule has 0 fully saturated rings. The Morgan fingerprint density at radius 3 is 0.696 bits per heavy atom. The lowest BCUT2D eigenvalue weighted by Gasteiger charge is -2.40. The molecule has 0 spiro atoms. The summed E-state index contributed by atoms with van der Waals surface area (Å²) in [4.78, 5) is 22.1. The van der Waals surface area contributed by atoms with Gasteiger partial charge in [0.2, 0.25) is 0 Å². The van der Waals surface area contributed by atoms with Crippen molar-refractivity contribution in [2.75, 3.05) is 0 Å². The van der Waals surface area contributed by atoms with Crippen LogP contribution in [0, 0.1) is 0 Å². The van der Waals surface area contributed by atoms with Crippen LogP contribution in [0.25, 0.3) is 0 Å². The number of ether oxygens (including phenoxy) is 2. The predicted octanol–water partition coefficient (Wildman–Crippen LogP) is 8.21. The van der Waals surface area contributed by atoms with Gasteiger partial charge >= 0.3 is 83.4 Å². The fraction of sp³-hybridized carbons (Fsp3) is 0.778. The van der Waals surface area contributed by atoms with E-state index in [1.54, 1.807) is 0 Å². The zero-order valence-electron chi connectivity index (χ0n) is 20.9. The molecule has 46 heavy (non-hydrogen) atoms. The lowest BCUT2D eigenvalue weighted by atomic mass is 9.94. The average Bonchev–Trinajstić information content (AvgIpc) is 2.79. The van der Waals surface area contributed by atoms with Crippen molar-refractivity contribution in [3.05, 3.63) is 12.2 Å². The van der Waals surface area contributed by atoms with Crippen LogP contribution in [0.15, 0.2) is 12.2 Å². The molecule has 0 amide bonds. The van der Waals surface area contributed by atoms with E-state index in [1.165, 1.54) is 0 Å². The van der Waals surface area contributed by atoms with E-state index in [2.05, 4.69) is 9.47 Å². The van der Waals surface area contributed by atoms with Crippen molar-refractivity contribution in [2.24, 2.45) is 0 Å². The van der Waals surface area contributed by atoms with E-state index < -0.39 is 109 Å². The minimum atomic E-state index is -8.31. The Morgan fingerprint density at radius 2 is 0.522 bits per heavy atom. The summed E-state index contributed by atoms with van der Waals surface area (Å²) in [6, 6.07) is 0. The number of rotatable bonds is 14. The first-order valence-corrected chi connectivity index (χ1v) is 10.2. The Hall–Kier alpha value is -3.00. The predicted molar refractivity (Wildman–Crippen MR) is 92.0 cm³/mol. The Bertz CT molecular complexity index is 1080. The van der Waals surface area contributed by atoms with Crippen LogP contribution in [-0.2, 0) is 19.1 Å². The highest BCUT2D eigenvalue weighted by Crippen LogP contribution is 2.61. The molecule has 0 radical (unpaired) electrons. The zero-order valence-corrected chi connectivity index (χ0v) is 20.9. The second kappa shape index (κ2) is 11.3. The van der Waals surface area contributed by atoms with Crippen molar-refractivity contribution in [3.63, 3.8) is 0 Å². The minimum Gasteiger partial charge on any atom is -0.393 e. The summed E-state index contributed by atoms with van der Waals surface area (Å²) < 4.78 is 322. The van der Waals surface area contributed by atoms with Crippen molar-refractivity contribution in [3.8, 4) is 0 Å². The van der Waals surface area contributed by atoms with Crippen LogP contribution in [0.5, 0.6) is 0 Å². The van der Waals surface area contributed by atoms with Crippen molar-refractivity contribution in [1.29, 1.82) is 0 Å². The quantitative estimate of drug-likeness (QED) is 0.102. The van der Waals surface area contributed by atoms with Crippen molar-refractivity contribution < 1.29 is 124 Å². The Balaban J connectivity index is 6.22. The second-order valence-electron chi connectivity index (χ2n) is 8.58. The summed E-state index contributed by atoms with van der Waals surface area (Å²) in [6.45, 7) is -2.55. The molecule has 272 valence electrons. The molecular weight excluding hydrogens is 736 g/mol. The molecule has 28 heteroatoms. The van der Waals surface area contributed by atoms with Crippen LogP contribution < -0.4 is 0 Å². The van der Waals surface area contributed by atoms with Crippen molar-refractivity contribution in [2.45, 2.75) is 85.3 Å². The van der Waals surface area contributed by atoms with Gasteiger partial charge in [-0.15, -0.1) is 0 Å². The molecule has 0 rings (SSSR count).